The first-order valence-electron chi connectivity index (χ1n) is 13.0. The molecule has 2 saturated carbocycles. The van der Waals surface area contributed by atoms with Crippen LogP contribution in [0.4, 0.5) is 0 Å². The van der Waals surface area contributed by atoms with Gasteiger partial charge in [-0.05, 0) is 73.1 Å². The van der Waals surface area contributed by atoms with Gasteiger partial charge in [0.15, 0.2) is 6.10 Å². The van der Waals surface area contributed by atoms with Crippen molar-refractivity contribution >= 4 is 11.8 Å². The van der Waals surface area contributed by atoms with E-state index in [2.05, 4.69) is 0 Å². The molecule has 9 atom stereocenters. The zero-order valence-corrected chi connectivity index (χ0v) is 17.7. The smallest absolute Gasteiger partial charge is 0.335 e. The Kier molecular flexibility index (Phi) is 4.26. The van der Waals surface area contributed by atoms with E-state index in [0.29, 0.717) is 31.2 Å². The molecule has 1 aromatic rings. The van der Waals surface area contributed by atoms with Crippen molar-refractivity contribution in [1.82, 2.24) is 0 Å². The fourth-order valence-corrected chi connectivity index (χ4v) is 6.11. The van der Waals surface area contributed by atoms with Gasteiger partial charge in [-0.15, -0.1) is 0 Å². The summed E-state index contributed by atoms with van der Waals surface area (Å²) in [6.45, 7) is 1.87. The van der Waals surface area contributed by atoms with Gasteiger partial charge in [0.25, 0.3) is 0 Å². The van der Waals surface area contributed by atoms with Crippen molar-refractivity contribution in [3.8, 4) is 5.75 Å². The van der Waals surface area contributed by atoms with Crippen molar-refractivity contribution < 1.29 is 45.0 Å². The standard InChI is InChI=1S/C24H30O8/c1-24-9-8-14-13-5-3-12(10-11(13)2-4-15(14)16(24)6-7-17(24)25)31-23-20(28)18(26)19(27)21(32-23)22(29)30/h3,5,10,14-16,18-21,23,26-28H,2,4,6-9H2,1H3,(H,29,30)/t14?,15-,16+,18+,19+,20-,21+,23-,24+/m1/s1/i3D,7D2,10D. The number of rotatable bonds is 3. The van der Waals surface area contributed by atoms with Crippen LogP contribution >= 0.6 is 0 Å². The fourth-order valence-electron chi connectivity index (χ4n) is 6.11. The van der Waals surface area contributed by atoms with Gasteiger partial charge in [-0.1, -0.05) is 13.0 Å². The molecule has 0 radical (unpaired) electrons. The van der Waals surface area contributed by atoms with Gasteiger partial charge in [0, 0.05) is 14.5 Å². The number of Topliss-reactive ketones (excluding diaryl/α,β-unsaturated/α-hetero) is 1. The van der Waals surface area contributed by atoms with Crippen molar-refractivity contribution in [2.45, 2.75) is 82.0 Å². The molecule has 0 amide bonds. The van der Waals surface area contributed by atoms with Crippen molar-refractivity contribution in [3.05, 3.63) is 29.3 Å². The fraction of sp³-hybridized carbons (Fsp3) is 0.667. The van der Waals surface area contributed by atoms with E-state index >= 15 is 0 Å². The average Bonchev–Trinajstić information content (AvgIpc) is 3.00. The Balaban J connectivity index is 1.44. The molecule has 4 aliphatic rings. The molecule has 8 nitrogen and oxygen atoms in total. The molecule has 1 aromatic carbocycles. The van der Waals surface area contributed by atoms with Crippen LogP contribution in [0.5, 0.6) is 5.75 Å². The molecule has 5 rings (SSSR count). The SMILES string of the molecule is [2H]c1cc2c(c([2H])c1O[C@@H]1O[C@H](C(=O)O)[C@@H](O)[C@H](O)[C@H]1O)CC[C@@H]1C2CC[C@]2(C)C(=O)C([2H])([2H])C[C@@H]12. The molecule has 32 heavy (non-hydrogen) atoms. The predicted octanol–water partition coefficient (Wildman–Crippen LogP) is 1.38. The lowest BCUT2D eigenvalue weighted by molar-refractivity contribution is -0.271. The maximum atomic E-state index is 12.8. The highest BCUT2D eigenvalue weighted by Crippen LogP contribution is 2.59. The van der Waals surface area contributed by atoms with Crippen LogP contribution in [0.15, 0.2) is 18.2 Å². The first-order valence-corrected chi connectivity index (χ1v) is 11.0. The van der Waals surface area contributed by atoms with E-state index < -0.39 is 48.5 Å². The number of ketones is 1. The summed E-state index contributed by atoms with van der Waals surface area (Å²) in [5, 5.41) is 39.5. The van der Waals surface area contributed by atoms with E-state index in [1.54, 1.807) is 6.07 Å². The minimum atomic E-state index is -1.88. The molecule has 1 unspecified atom stereocenters. The van der Waals surface area contributed by atoms with Crippen molar-refractivity contribution in [3.63, 3.8) is 0 Å². The Morgan fingerprint density at radius 1 is 1.25 bits per heavy atom. The molecule has 1 heterocycles. The van der Waals surface area contributed by atoms with Crippen LogP contribution in [0.25, 0.3) is 0 Å². The van der Waals surface area contributed by atoms with Gasteiger partial charge in [-0.25, -0.2) is 4.79 Å². The molecule has 1 aliphatic heterocycles. The zero-order valence-electron chi connectivity index (χ0n) is 21.7. The van der Waals surface area contributed by atoms with Crippen molar-refractivity contribution in [2.24, 2.45) is 17.3 Å². The lowest BCUT2D eigenvalue weighted by atomic mass is 9.55. The van der Waals surface area contributed by atoms with Gasteiger partial charge in [0.1, 0.15) is 29.8 Å². The second-order valence-electron chi connectivity index (χ2n) is 9.61. The van der Waals surface area contributed by atoms with Crippen molar-refractivity contribution in [1.29, 1.82) is 0 Å². The third kappa shape index (κ3) is 3.27. The van der Waals surface area contributed by atoms with Crippen LogP contribution in [-0.4, -0.2) is 62.9 Å². The van der Waals surface area contributed by atoms with Crippen LogP contribution in [0.1, 0.15) is 61.5 Å². The number of carbonyl (C=O) groups excluding carboxylic acids is 1. The van der Waals surface area contributed by atoms with Crippen LogP contribution in [0.3, 0.4) is 0 Å². The molecule has 1 saturated heterocycles. The molecule has 0 bridgehead atoms. The van der Waals surface area contributed by atoms with Gasteiger partial charge >= 0.3 is 5.97 Å². The number of aliphatic hydroxyl groups excluding tert-OH is 3. The molecule has 3 fully saturated rings. The molecule has 0 aromatic heterocycles. The quantitative estimate of drug-likeness (QED) is 0.543. The van der Waals surface area contributed by atoms with E-state index in [0.717, 1.165) is 5.56 Å². The second-order valence-corrected chi connectivity index (χ2v) is 9.61. The summed E-state index contributed by atoms with van der Waals surface area (Å²) in [6.07, 6.45) is -8.50. The number of carboxylic acid groups (broad SMARTS) is 1. The number of hydrogen-bond acceptors (Lipinski definition) is 7. The number of carboxylic acids is 1. The highest BCUT2D eigenvalue weighted by molar-refractivity contribution is 5.87. The zero-order chi connectivity index (χ0) is 26.3. The lowest BCUT2D eigenvalue weighted by Crippen LogP contribution is -2.61. The minimum absolute atomic E-state index is 0.0272. The van der Waals surface area contributed by atoms with Gasteiger partial charge in [-0.3, -0.25) is 4.79 Å². The number of aliphatic carboxylic acids is 1. The van der Waals surface area contributed by atoms with E-state index in [9.17, 15) is 30.0 Å². The van der Waals surface area contributed by atoms with Gasteiger partial charge in [0.2, 0.25) is 6.29 Å². The van der Waals surface area contributed by atoms with Crippen LogP contribution in [0, 0.1) is 17.3 Å². The number of carbonyl (C=O) groups is 2. The van der Waals surface area contributed by atoms with E-state index in [1.807, 2.05) is 6.92 Å². The highest BCUT2D eigenvalue weighted by atomic mass is 16.7. The topological polar surface area (TPSA) is 134 Å². The lowest BCUT2D eigenvalue weighted by Gasteiger charge is -2.48. The molecule has 8 heteroatoms. The molecular weight excluding hydrogens is 416 g/mol. The summed E-state index contributed by atoms with van der Waals surface area (Å²) in [6, 6.07) is 1.32. The second kappa shape index (κ2) is 7.80. The first-order chi connectivity index (χ1) is 16.8. The normalized spacial score (nSPS) is 46.6. The Bertz CT molecular complexity index is 1110. The molecule has 174 valence electrons. The molecular formula is C24H30O8. The van der Waals surface area contributed by atoms with Gasteiger partial charge < -0.3 is 29.9 Å². The van der Waals surface area contributed by atoms with Crippen LogP contribution in [-0.2, 0) is 20.7 Å². The average molecular weight is 451 g/mol. The molecule has 3 aliphatic carbocycles. The number of benzene rings is 1. The Hall–Kier alpha value is -2.00. The summed E-state index contributed by atoms with van der Waals surface area (Å²) in [7, 11) is 0. The third-order valence-corrected chi connectivity index (χ3v) is 7.97. The van der Waals surface area contributed by atoms with E-state index in [4.69, 9.17) is 15.0 Å². The highest BCUT2D eigenvalue weighted by Gasteiger charge is 2.54. The van der Waals surface area contributed by atoms with Crippen LogP contribution in [0.2, 0.25) is 0 Å². The van der Waals surface area contributed by atoms with E-state index in [1.165, 1.54) is 0 Å². The number of aliphatic hydroxyl groups is 3. The third-order valence-electron chi connectivity index (χ3n) is 7.97. The summed E-state index contributed by atoms with van der Waals surface area (Å²) in [4.78, 5) is 24.2. The Labute approximate surface area is 191 Å². The number of fused-ring (bicyclic) bond motifs is 5. The predicted molar refractivity (Wildman–Crippen MR) is 111 cm³/mol. The maximum absolute atomic E-state index is 12.8. The Morgan fingerprint density at radius 3 is 2.78 bits per heavy atom. The maximum Gasteiger partial charge on any atom is 0.335 e. The monoisotopic (exact) mass is 450 g/mol. The van der Waals surface area contributed by atoms with Gasteiger partial charge in [-0.2, -0.15) is 0 Å². The first kappa shape index (κ1) is 17.5. The number of hydrogen-bond donors (Lipinski definition) is 4. The summed E-state index contributed by atoms with van der Waals surface area (Å²) >= 11 is 0. The van der Waals surface area contributed by atoms with Gasteiger partial charge in [0.05, 0.1) is 2.74 Å². The molecule has 0 spiro atoms. The number of ether oxygens (including phenoxy) is 2. The molecule has 4 N–H and O–H groups in total. The van der Waals surface area contributed by atoms with Crippen LogP contribution < -0.4 is 4.74 Å². The largest absolute Gasteiger partial charge is 0.479 e. The summed E-state index contributed by atoms with van der Waals surface area (Å²) < 4.78 is 44.4. The Morgan fingerprint density at radius 2 is 2.03 bits per heavy atom. The summed E-state index contributed by atoms with van der Waals surface area (Å²) in [5.74, 6) is -2.20. The van der Waals surface area contributed by atoms with Crippen molar-refractivity contribution in [2.75, 3.05) is 0 Å². The minimum Gasteiger partial charge on any atom is -0.479 e. The summed E-state index contributed by atoms with van der Waals surface area (Å²) in [5.41, 5.74) is 0.748. The van der Waals surface area contributed by atoms with E-state index in [-0.39, 0.29) is 47.8 Å².